The molecule has 1 heterocycles. The Balaban J connectivity index is 2.88. The second-order valence-electron chi connectivity index (χ2n) is 2.54. The maximum atomic E-state index is 9.34. The highest BCUT2D eigenvalue weighted by atomic mass is 16.3. The Morgan fingerprint density at radius 1 is 1.17 bits per heavy atom. The first-order chi connectivity index (χ1) is 5.77. The fraction of sp³-hybridized carbons (Fsp3) is 0. The fourth-order valence-electron chi connectivity index (χ4n) is 1.12. The van der Waals surface area contributed by atoms with Crippen molar-refractivity contribution in [3.8, 4) is 11.5 Å². The summed E-state index contributed by atoms with van der Waals surface area (Å²) in [6.07, 6.45) is 1.35. The van der Waals surface area contributed by atoms with Crippen molar-refractivity contribution in [2.24, 2.45) is 0 Å². The van der Waals surface area contributed by atoms with E-state index in [2.05, 4.69) is 4.98 Å². The highest BCUT2D eigenvalue weighted by Crippen LogP contribution is 2.25. The third-order valence-corrected chi connectivity index (χ3v) is 1.69. The number of benzene rings is 1. The summed E-state index contributed by atoms with van der Waals surface area (Å²) in [5.41, 5.74) is 0.674. The first-order valence-electron chi connectivity index (χ1n) is 3.54. The number of fused-ring (bicyclic) bond motifs is 1. The van der Waals surface area contributed by atoms with E-state index in [4.69, 9.17) is 5.11 Å². The number of phenolic OH excluding ortho intramolecular Hbond substituents is 1. The summed E-state index contributed by atoms with van der Waals surface area (Å²) in [6.45, 7) is 0. The van der Waals surface area contributed by atoms with Gasteiger partial charge in [0.05, 0.1) is 11.7 Å². The smallest absolute Gasteiger partial charge is 0.134 e. The van der Waals surface area contributed by atoms with Gasteiger partial charge in [0, 0.05) is 5.39 Å². The predicted molar refractivity (Wildman–Crippen MR) is 45.1 cm³/mol. The lowest BCUT2D eigenvalue weighted by molar-refractivity contribution is 0.469. The predicted octanol–water partition coefficient (Wildman–Crippen LogP) is 1.65. The Morgan fingerprint density at radius 2 is 2.00 bits per heavy atom. The van der Waals surface area contributed by atoms with Crippen LogP contribution in [-0.4, -0.2) is 15.2 Å². The number of nitrogens with zero attached hydrogens (tertiary/aromatic N) is 1. The van der Waals surface area contributed by atoms with E-state index in [9.17, 15) is 5.11 Å². The number of hydrogen-bond acceptors (Lipinski definition) is 3. The number of rotatable bonds is 0. The van der Waals surface area contributed by atoms with Crippen LogP contribution in [0.1, 0.15) is 0 Å². The van der Waals surface area contributed by atoms with Gasteiger partial charge in [0.2, 0.25) is 0 Å². The number of pyridine rings is 1. The summed E-state index contributed by atoms with van der Waals surface area (Å²) in [7, 11) is 0. The summed E-state index contributed by atoms with van der Waals surface area (Å²) in [5, 5.41) is 19.0. The van der Waals surface area contributed by atoms with Crippen LogP contribution in [-0.2, 0) is 0 Å². The van der Waals surface area contributed by atoms with Crippen LogP contribution < -0.4 is 0 Å². The standard InChI is InChI=1S/C9H7NO2/c11-6-4-7-8(10-5-6)2-1-3-9(7)12/h1-5,11-12H. The molecule has 2 aromatic rings. The van der Waals surface area contributed by atoms with Crippen molar-refractivity contribution in [1.82, 2.24) is 4.98 Å². The molecule has 0 unspecified atom stereocenters. The molecule has 0 spiro atoms. The van der Waals surface area contributed by atoms with Crippen molar-refractivity contribution in [1.29, 1.82) is 0 Å². The molecule has 0 saturated heterocycles. The quantitative estimate of drug-likeness (QED) is 0.617. The normalized spacial score (nSPS) is 10.3. The number of hydrogen-bond donors (Lipinski definition) is 2. The summed E-state index contributed by atoms with van der Waals surface area (Å²) >= 11 is 0. The average Bonchev–Trinajstić information content (AvgIpc) is 2.07. The maximum Gasteiger partial charge on any atom is 0.134 e. The van der Waals surface area contributed by atoms with E-state index in [0.717, 1.165) is 0 Å². The molecule has 3 heteroatoms. The molecule has 0 fully saturated rings. The monoisotopic (exact) mass is 161 g/mol. The van der Waals surface area contributed by atoms with Gasteiger partial charge in [0.1, 0.15) is 11.5 Å². The van der Waals surface area contributed by atoms with E-state index in [1.165, 1.54) is 12.3 Å². The van der Waals surface area contributed by atoms with Gasteiger partial charge in [0.25, 0.3) is 0 Å². The molecule has 1 aromatic carbocycles. The Kier molecular flexibility index (Phi) is 1.37. The molecule has 0 aliphatic heterocycles. The minimum atomic E-state index is 0.0593. The maximum absolute atomic E-state index is 9.34. The SMILES string of the molecule is Oc1cnc2cccc(O)c2c1. The largest absolute Gasteiger partial charge is 0.507 e. The molecule has 0 radical (unpaired) electrons. The van der Waals surface area contributed by atoms with Gasteiger partial charge in [-0.05, 0) is 18.2 Å². The van der Waals surface area contributed by atoms with E-state index in [-0.39, 0.29) is 11.5 Å². The Labute approximate surface area is 68.9 Å². The van der Waals surface area contributed by atoms with Crippen molar-refractivity contribution in [2.45, 2.75) is 0 Å². The van der Waals surface area contributed by atoms with Crippen LogP contribution in [0.25, 0.3) is 10.9 Å². The summed E-state index contributed by atoms with van der Waals surface area (Å²) in [6, 6.07) is 6.53. The molecule has 0 amide bonds. The van der Waals surface area contributed by atoms with Crippen molar-refractivity contribution in [2.75, 3.05) is 0 Å². The van der Waals surface area contributed by atoms with Crippen LogP contribution in [0.3, 0.4) is 0 Å². The molecule has 1 aromatic heterocycles. The first-order valence-corrected chi connectivity index (χ1v) is 3.54. The van der Waals surface area contributed by atoms with Gasteiger partial charge in [-0.25, -0.2) is 0 Å². The van der Waals surface area contributed by atoms with Gasteiger partial charge in [-0.15, -0.1) is 0 Å². The van der Waals surface area contributed by atoms with Crippen LogP contribution in [0.4, 0.5) is 0 Å². The molecular formula is C9H7NO2. The van der Waals surface area contributed by atoms with Crippen molar-refractivity contribution in [3.05, 3.63) is 30.5 Å². The zero-order chi connectivity index (χ0) is 8.55. The van der Waals surface area contributed by atoms with Gasteiger partial charge < -0.3 is 10.2 Å². The minimum Gasteiger partial charge on any atom is -0.507 e. The second-order valence-corrected chi connectivity index (χ2v) is 2.54. The average molecular weight is 161 g/mol. The molecular weight excluding hydrogens is 154 g/mol. The van der Waals surface area contributed by atoms with E-state index < -0.39 is 0 Å². The van der Waals surface area contributed by atoms with Crippen molar-refractivity contribution < 1.29 is 10.2 Å². The Bertz CT molecular complexity index is 426. The highest BCUT2D eigenvalue weighted by molar-refractivity contribution is 5.85. The second kappa shape index (κ2) is 2.37. The van der Waals surface area contributed by atoms with Gasteiger partial charge in [-0.2, -0.15) is 0 Å². The number of aromatic hydroxyl groups is 2. The summed E-state index contributed by atoms with van der Waals surface area (Å²) in [4.78, 5) is 3.93. The van der Waals surface area contributed by atoms with Crippen molar-refractivity contribution >= 4 is 10.9 Å². The zero-order valence-corrected chi connectivity index (χ0v) is 6.23. The molecule has 0 aliphatic rings. The van der Waals surface area contributed by atoms with Crippen LogP contribution in [0.5, 0.6) is 11.5 Å². The van der Waals surface area contributed by atoms with Crippen LogP contribution in [0.15, 0.2) is 30.5 Å². The van der Waals surface area contributed by atoms with Gasteiger partial charge in [-0.3, -0.25) is 4.98 Å². The molecule has 2 N–H and O–H groups in total. The van der Waals surface area contributed by atoms with Crippen molar-refractivity contribution in [3.63, 3.8) is 0 Å². The van der Waals surface area contributed by atoms with E-state index in [0.29, 0.717) is 10.9 Å². The van der Waals surface area contributed by atoms with Gasteiger partial charge in [0.15, 0.2) is 0 Å². The molecule has 0 atom stereocenters. The Hall–Kier alpha value is -1.77. The topological polar surface area (TPSA) is 53.4 Å². The summed E-state index contributed by atoms with van der Waals surface area (Å²) in [5.74, 6) is 0.194. The molecule has 12 heavy (non-hydrogen) atoms. The highest BCUT2D eigenvalue weighted by Gasteiger charge is 1.99. The molecule has 3 nitrogen and oxygen atoms in total. The number of aromatic nitrogens is 1. The molecule has 60 valence electrons. The van der Waals surface area contributed by atoms with E-state index >= 15 is 0 Å². The lowest BCUT2D eigenvalue weighted by Crippen LogP contribution is -1.77. The van der Waals surface area contributed by atoms with Crippen LogP contribution in [0.2, 0.25) is 0 Å². The summed E-state index contributed by atoms with van der Waals surface area (Å²) < 4.78 is 0. The third-order valence-electron chi connectivity index (χ3n) is 1.69. The van der Waals surface area contributed by atoms with Gasteiger partial charge in [-0.1, -0.05) is 6.07 Å². The third kappa shape index (κ3) is 0.955. The lowest BCUT2D eigenvalue weighted by atomic mass is 10.2. The molecule has 0 bridgehead atoms. The Morgan fingerprint density at radius 3 is 2.83 bits per heavy atom. The van der Waals surface area contributed by atoms with Crippen LogP contribution >= 0.6 is 0 Å². The first kappa shape index (κ1) is 6.91. The minimum absolute atomic E-state index is 0.0593. The molecule has 2 rings (SSSR count). The van der Waals surface area contributed by atoms with E-state index in [1.54, 1.807) is 18.2 Å². The number of phenols is 1. The molecule has 0 aliphatic carbocycles. The fourth-order valence-corrected chi connectivity index (χ4v) is 1.12. The molecule has 0 saturated carbocycles. The van der Waals surface area contributed by atoms with E-state index in [1.807, 2.05) is 0 Å². The lowest BCUT2D eigenvalue weighted by Gasteiger charge is -1.99. The zero-order valence-electron chi connectivity index (χ0n) is 6.23. The van der Waals surface area contributed by atoms with Crippen LogP contribution in [0, 0.1) is 0 Å². The van der Waals surface area contributed by atoms with Gasteiger partial charge >= 0.3 is 0 Å².